The quantitative estimate of drug-likeness (QED) is 0.531. The van der Waals surface area contributed by atoms with Crippen LogP contribution in [-0.4, -0.2) is 21.9 Å². The Bertz CT molecular complexity index is 1110. The van der Waals surface area contributed by atoms with E-state index in [4.69, 9.17) is 0 Å². The van der Waals surface area contributed by atoms with Crippen LogP contribution >= 0.6 is 0 Å². The van der Waals surface area contributed by atoms with Gasteiger partial charge in [-0.15, -0.1) is 0 Å². The molecule has 0 aliphatic carbocycles. The summed E-state index contributed by atoms with van der Waals surface area (Å²) in [4.78, 5) is 25.2. The van der Waals surface area contributed by atoms with Gasteiger partial charge in [0.05, 0.1) is 11.6 Å². The molecule has 2 aromatic carbocycles. The maximum absolute atomic E-state index is 12.7. The number of rotatable bonds is 5. The van der Waals surface area contributed by atoms with Crippen LogP contribution in [0.25, 0.3) is 10.8 Å². The lowest BCUT2D eigenvalue weighted by Gasteiger charge is -2.18. The van der Waals surface area contributed by atoms with Gasteiger partial charge in [0.25, 0.3) is 11.5 Å². The number of carbonyl (C=O) groups is 1. The average molecular weight is 390 g/mol. The summed E-state index contributed by atoms with van der Waals surface area (Å²) in [6, 6.07) is 15.0. The highest BCUT2D eigenvalue weighted by atomic mass is 16.2. The van der Waals surface area contributed by atoms with Crippen LogP contribution in [-0.2, 0) is 12.0 Å². The molecule has 3 rings (SSSR count). The molecule has 1 N–H and O–H groups in total. The Kier molecular flexibility index (Phi) is 5.92. The Labute approximate surface area is 170 Å². The van der Waals surface area contributed by atoms with Crippen LogP contribution in [0.3, 0.4) is 0 Å². The number of carbonyl (C=O) groups excluding carboxylic acids is 1. The molecule has 0 aliphatic heterocycles. The second-order valence-corrected chi connectivity index (χ2v) is 7.99. The van der Waals surface area contributed by atoms with Crippen LogP contribution in [0, 0.1) is 0 Å². The van der Waals surface area contributed by atoms with Crippen LogP contribution in [0.4, 0.5) is 0 Å². The first-order valence-corrected chi connectivity index (χ1v) is 9.75. The molecule has 29 heavy (non-hydrogen) atoms. The Hall–Kier alpha value is -3.28. The number of amides is 1. The van der Waals surface area contributed by atoms with Crippen molar-refractivity contribution < 1.29 is 4.79 Å². The number of hydrazone groups is 1. The van der Waals surface area contributed by atoms with Crippen molar-refractivity contribution in [2.75, 3.05) is 0 Å². The van der Waals surface area contributed by atoms with Crippen molar-refractivity contribution in [3.05, 3.63) is 75.7 Å². The standard InChI is InChI=1S/C23H26N4O2/c1-5-14-27-22(29)19-9-7-6-8-18(19)20(26-27)21(28)25-24-15-16-10-12-17(13-11-16)23(2,3)4/h6-13,15H,5,14H2,1-4H3,(H,25,28)/b24-15+. The zero-order valence-electron chi connectivity index (χ0n) is 17.3. The lowest BCUT2D eigenvalue weighted by molar-refractivity contribution is 0.0949. The van der Waals surface area contributed by atoms with Gasteiger partial charge in [0, 0.05) is 11.9 Å². The molecule has 0 spiro atoms. The summed E-state index contributed by atoms with van der Waals surface area (Å²) >= 11 is 0. The number of aryl methyl sites for hydroxylation is 1. The number of aromatic nitrogens is 2. The first kappa shape index (κ1) is 20.5. The van der Waals surface area contributed by atoms with Crippen LogP contribution in [0.2, 0.25) is 0 Å². The minimum atomic E-state index is -0.450. The van der Waals surface area contributed by atoms with Gasteiger partial charge in [-0.2, -0.15) is 10.2 Å². The monoisotopic (exact) mass is 390 g/mol. The first-order chi connectivity index (χ1) is 13.8. The summed E-state index contributed by atoms with van der Waals surface area (Å²) in [5.74, 6) is -0.450. The van der Waals surface area contributed by atoms with Gasteiger partial charge in [-0.25, -0.2) is 10.1 Å². The van der Waals surface area contributed by atoms with Crippen molar-refractivity contribution in [2.45, 2.75) is 46.1 Å². The number of nitrogens with zero attached hydrogens (tertiary/aromatic N) is 3. The zero-order valence-corrected chi connectivity index (χ0v) is 17.3. The molecule has 1 aromatic heterocycles. The van der Waals surface area contributed by atoms with Gasteiger partial charge in [0.1, 0.15) is 0 Å². The van der Waals surface area contributed by atoms with Crippen molar-refractivity contribution in [3.63, 3.8) is 0 Å². The van der Waals surface area contributed by atoms with Crippen molar-refractivity contribution in [2.24, 2.45) is 5.10 Å². The number of hydrogen-bond donors (Lipinski definition) is 1. The lowest BCUT2D eigenvalue weighted by atomic mass is 9.87. The molecular formula is C23H26N4O2. The molecule has 1 amide bonds. The third kappa shape index (κ3) is 4.59. The van der Waals surface area contributed by atoms with Gasteiger partial charge in [0.2, 0.25) is 0 Å². The minimum Gasteiger partial charge on any atom is -0.267 e. The molecule has 0 fully saturated rings. The van der Waals surface area contributed by atoms with E-state index in [1.165, 1.54) is 10.2 Å². The summed E-state index contributed by atoms with van der Waals surface area (Å²) in [7, 11) is 0. The van der Waals surface area contributed by atoms with E-state index in [1.54, 1.807) is 30.5 Å². The topological polar surface area (TPSA) is 76.3 Å². The molecule has 1 heterocycles. The van der Waals surface area contributed by atoms with Crippen molar-refractivity contribution >= 4 is 22.9 Å². The van der Waals surface area contributed by atoms with Crippen LogP contribution < -0.4 is 11.0 Å². The predicted octanol–water partition coefficient (Wildman–Crippen LogP) is 3.87. The molecule has 0 atom stereocenters. The van der Waals surface area contributed by atoms with E-state index in [2.05, 4.69) is 48.5 Å². The second-order valence-electron chi connectivity index (χ2n) is 7.99. The highest BCUT2D eigenvalue weighted by Gasteiger charge is 2.16. The summed E-state index contributed by atoms with van der Waals surface area (Å²) in [5, 5.41) is 9.33. The molecule has 0 radical (unpaired) electrons. The maximum atomic E-state index is 12.7. The first-order valence-electron chi connectivity index (χ1n) is 9.75. The molecule has 0 bridgehead atoms. The van der Waals surface area contributed by atoms with E-state index >= 15 is 0 Å². The average Bonchev–Trinajstić information content (AvgIpc) is 2.70. The van der Waals surface area contributed by atoms with E-state index in [0.29, 0.717) is 17.3 Å². The molecule has 0 saturated carbocycles. The van der Waals surface area contributed by atoms with Gasteiger partial charge in [-0.05, 0) is 29.0 Å². The largest absolute Gasteiger partial charge is 0.292 e. The van der Waals surface area contributed by atoms with E-state index in [-0.39, 0.29) is 16.7 Å². The normalized spacial score (nSPS) is 11.9. The number of nitrogens with one attached hydrogen (secondary N) is 1. The predicted molar refractivity (Wildman–Crippen MR) is 116 cm³/mol. The molecule has 0 unspecified atom stereocenters. The molecule has 0 saturated heterocycles. The van der Waals surface area contributed by atoms with E-state index in [9.17, 15) is 9.59 Å². The van der Waals surface area contributed by atoms with Gasteiger partial charge >= 0.3 is 0 Å². The zero-order chi connectivity index (χ0) is 21.0. The third-order valence-electron chi connectivity index (χ3n) is 4.67. The van der Waals surface area contributed by atoms with Gasteiger partial charge < -0.3 is 0 Å². The Balaban J connectivity index is 1.84. The minimum absolute atomic E-state index is 0.0816. The Morgan fingerprint density at radius 1 is 1.10 bits per heavy atom. The molecular weight excluding hydrogens is 364 g/mol. The molecule has 0 aliphatic rings. The number of benzene rings is 2. The van der Waals surface area contributed by atoms with Crippen LogP contribution in [0.1, 0.15) is 55.7 Å². The summed E-state index contributed by atoms with van der Waals surface area (Å²) in [5.41, 5.74) is 4.71. The van der Waals surface area contributed by atoms with Crippen molar-refractivity contribution in [1.29, 1.82) is 0 Å². The van der Waals surface area contributed by atoms with Gasteiger partial charge in [-0.1, -0.05) is 70.2 Å². The van der Waals surface area contributed by atoms with Gasteiger partial charge in [-0.3, -0.25) is 9.59 Å². The second kappa shape index (κ2) is 8.39. The highest BCUT2D eigenvalue weighted by Crippen LogP contribution is 2.21. The van der Waals surface area contributed by atoms with E-state index in [1.807, 2.05) is 19.1 Å². The molecule has 6 heteroatoms. The summed E-state index contributed by atoms with van der Waals surface area (Å²) in [6.45, 7) is 8.88. The maximum Gasteiger partial charge on any atom is 0.292 e. The molecule has 3 aromatic rings. The summed E-state index contributed by atoms with van der Waals surface area (Å²) < 4.78 is 1.34. The van der Waals surface area contributed by atoms with Crippen LogP contribution in [0.5, 0.6) is 0 Å². The Morgan fingerprint density at radius 3 is 2.38 bits per heavy atom. The Morgan fingerprint density at radius 2 is 1.76 bits per heavy atom. The number of hydrogen-bond acceptors (Lipinski definition) is 4. The molecule has 150 valence electrons. The molecule has 6 nitrogen and oxygen atoms in total. The highest BCUT2D eigenvalue weighted by molar-refractivity contribution is 6.04. The lowest BCUT2D eigenvalue weighted by Crippen LogP contribution is -2.29. The third-order valence-corrected chi connectivity index (χ3v) is 4.67. The van der Waals surface area contributed by atoms with E-state index < -0.39 is 5.91 Å². The number of fused-ring (bicyclic) bond motifs is 1. The van der Waals surface area contributed by atoms with E-state index in [0.717, 1.165) is 12.0 Å². The fourth-order valence-electron chi connectivity index (χ4n) is 3.05. The van der Waals surface area contributed by atoms with Crippen LogP contribution in [0.15, 0.2) is 58.4 Å². The fraction of sp³-hybridized carbons (Fsp3) is 0.304. The summed E-state index contributed by atoms with van der Waals surface area (Å²) in [6.07, 6.45) is 2.34. The fourth-order valence-corrected chi connectivity index (χ4v) is 3.05. The SMILES string of the molecule is CCCn1nc(C(=O)N/N=C/c2ccc(C(C)(C)C)cc2)c2ccccc2c1=O. The smallest absolute Gasteiger partial charge is 0.267 e. The van der Waals surface area contributed by atoms with Crippen molar-refractivity contribution in [1.82, 2.24) is 15.2 Å². The van der Waals surface area contributed by atoms with Crippen molar-refractivity contribution in [3.8, 4) is 0 Å². The van der Waals surface area contributed by atoms with Gasteiger partial charge in [0.15, 0.2) is 5.69 Å².